The van der Waals surface area contributed by atoms with Gasteiger partial charge < -0.3 is 0 Å². The standard InChI is InChI=1S/C7H8.CH4O2/c1-7-5-3-2-4-6-7;1-3-2/h2-6H,1H3;2H,1H3. The Bertz CT molecular complexity index is 149. The molecule has 0 unspecified atom stereocenters. The van der Waals surface area contributed by atoms with E-state index in [2.05, 4.69) is 23.9 Å². The van der Waals surface area contributed by atoms with Crippen LogP contribution in [0.3, 0.4) is 0 Å². The first-order chi connectivity index (χ1) is 4.81. The quantitative estimate of drug-likeness (QED) is 0.441. The maximum Gasteiger partial charge on any atom is 0.0710 e. The van der Waals surface area contributed by atoms with Crippen LogP contribution in [0.4, 0.5) is 0 Å². The predicted octanol–water partition coefficient (Wildman–Crippen LogP) is 2.10. The normalized spacial score (nSPS) is 7.90. The zero-order valence-electron chi connectivity index (χ0n) is 6.24. The molecular formula is C8H12O2. The van der Waals surface area contributed by atoms with E-state index in [1.165, 1.54) is 12.7 Å². The Labute approximate surface area is 61.0 Å². The highest BCUT2D eigenvalue weighted by atomic mass is 17.1. The Morgan fingerprint density at radius 3 is 1.80 bits per heavy atom. The summed E-state index contributed by atoms with van der Waals surface area (Å²) in [6.07, 6.45) is 0. The number of rotatable bonds is 0. The van der Waals surface area contributed by atoms with Crippen LogP contribution >= 0.6 is 0 Å². The van der Waals surface area contributed by atoms with Gasteiger partial charge in [-0.25, -0.2) is 4.89 Å². The van der Waals surface area contributed by atoms with Gasteiger partial charge in [0.15, 0.2) is 0 Å². The number of benzene rings is 1. The third-order valence-electron chi connectivity index (χ3n) is 0.940. The van der Waals surface area contributed by atoms with Gasteiger partial charge in [0, 0.05) is 0 Å². The van der Waals surface area contributed by atoms with Crippen LogP contribution in [0.2, 0.25) is 0 Å². The highest BCUT2D eigenvalue weighted by Gasteiger charge is 1.72. The lowest BCUT2D eigenvalue weighted by molar-refractivity contribution is -0.214. The summed E-state index contributed by atoms with van der Waals surface area (Å²) < 4.78 is 0. The Kier molecular flexibility index (Phi) is 5.72. The molecular weight excluding hydrogens is 128 g/mol. The number of hydrogen-bond donors (Lipinski definition) is 1. The van der Waals surface area contributed by atoms with E-state index in [1.807, 2.05) is 18.2 Å². The summed E-state index contributed by atoms with van der Waals surface area (Å²) in [5.74, 6) is 0. The van der Waals surface area contributed by atoms with Crippen molar-refractivity contribution in [2.45, 2.75) is 6.92 Å². The average Bonchev–Trinajstić information content (AvgIpc) is 1.91. The average molecular weight is 140 g/mol. The molecule has 0 aliphatic carbocycles. The topological polar surface area (TPSA) is 29.5 Å². The van der Waals surface area contributed by atoms with Crippen molar-refractivity contribution in [3.8, 4) is 0 Å². The van der Waals surface area contributed by atoms with Crippen molar-refractivity contribution in [2.75, 3.05) is 7.11 Å². The molecule has 1 N–H and O–H groups in total. The van der Waals surface area contributed by atoms with Crippen LogP contribution in [0, 0.1) is 6.92 Å². The highest BCUT2D eigenvalue weighted by Crippen LogP contribution is 1.92. The van der Waals surface area contributed by atoms with Crippen molar-refractivity contribution in [3.63, 3.8) is 0 Å². The van der Waals surface area contributed by atoms with Gasteiger partial charge in [0.2, 0.25) is 0 Å². The van der Waals surface area contributed by atoms with E-state index in [0.717, 1.165) is 0 Å². The molecule has 1 rings (SSSR count). The van der Waals surface area contributed by atoms with Crippen LogP contribution in [-0.2, 0) is 4.89 Å². The third-order valence-corrected chi connectivity index (χ3v) is 0.940. The Balaban J connectivity index is 0.000000236. The first-order valence-electron chi connectivity index (χ1n) is 3.00. The van der Waals surface area contributed by atoms with Crippen molar-refractivity contribution in [3.05, 3.63) is 35.9 Å². The van der Waals surface area contributed by atoms with Gasteiger partial charge in [0.1, 0.15) is 0 Å². The third kappa shape index (κ3) is 5.28. The lowest BCUT2D eigenvalue weighted by Crippen LogP contribution is -1.62. The maximum atomic E-state index is 7.07. The molecule has 0 heterocycles. The lowest BCUT2D eigenvalue weighted by atomic mass is 10.2. The van der Waals surface area contributed by atoms with Crippen LogP contribution < -0.4 is 0 Å². The zero-order valence-corrected chi connectivity index (χ0v) is 6.24. The smallest absolute Gasteiger partial charge is 0.0710 e. The van der Waals surface area contributed by atoms with Gasteiger partial charge >= 0.3 is 0 Å². The fourth-order valence-electron chi connectivity index (χ4n) is 0.534. The summed E-state index contributed by atoms with van der Waals surface area (Å²) in [4.78, 5) is 3.25. The van der Waals surface area contributed by atoms with E-state index < -0.39 is 0 Å². The van der Waals surface area contributed by atoms with Gasteiger partial charge in [0.25, 0.3) is 0 Å². The van der Waals surface area contributed by atoms with Crippen molar-refractivity contribution < 1.29 is 10.1 Å². The molecule has 10 heavy (non-hydrogen) atoms. The first-order valence-corrected chi connectivity index (χ1v) is 3.00. The van der Waals surface area contributed by atoms with E-state index in [0.29, 0.717) is 0 Å². The van der Waals surface area contributed by atoms with Gasteiger partial charge in [-0.1, -0.05) is 35.9 Å². The molecule has 0 bridgehead atoms. The minimum atomic E-state index is 1.18. The summed E-state index contributed by atoms with van der Waals surface area (Å²) >= 11 is 0. The molecule has 0 amide bonds. The fourth-order valence-corrected chi connectivity index (χ4v) is 0.534. The minimum Gasteiger partial charge on any atom is -0.252 e. The fraction of sp³-hybridized carbons (Fsp3) is 0.250. The minimum absolute atomic E-state index is 1.18. The Morgan fingerprint density at radius 2 is 1.60 bits per heavy atom. The van der Waals surface area contributed by atoms with Gasteiger partial charge in [-0.15, -0.1) is 0 Å². The maximum absolute atomic E-state index is 7.07. The SMILES string of the molecule is COO.Cc1ccccc1. The molecule has 0 radical (unpaired) electrons. The largest absolute Gasteiger partial charge is 0.252 e. The zero-order chi connectivity index (χ0) is 7.82. The molecule has 0 aliphatic heterocycles. The summed E-state index contributed by atoms with van der Waals surface area (Å²) in [6.45, 7) is 2.08. The first kappa shape index (κ1) is 9.14. The molecule has 1 aromatic carbocycles. The second kappa shape index (κ2) is 6.26. The van der Waals surface area contributed by atoms with Crippen LogP contribution in [0.5, 0.6) is 0 Å². The monoisotopic (exact) mass is 140 g/mol. The van der Waals surface area contributed by atoms with Crippen molar-refractivity contribution in [2.24, 2.45) is 0 Å². The van der Waals surface area contributed by atoms with E-state index in [9.17, 15) is 0 Å². The molecule has 56 valence electrons. The summed E-state index contributed by atoms with van der Waals surface area (Å²) in [6, 6.07) is 10.3. The molecule has 1 aromatic rings. The molecule has 0 fully saturated rings. The van der Waals surface area contributed by atoms with Gasteiger partial charge in [-0.3, -0.25) is 5.26 Å². The summed E-state index contributed by atoms with van der Waals surface area (Å²) in [7, 11) is 1.18. The summed E-state index contributed by atoms with van der Waals surface area (Å²) in [5.41, 5.74) is 1.32. The van der Waals surface area contributed by atoms with Gasteiger partial charge in [-0.2, -0.15) is 0 Å². The molecule has 2 nitrogen and oxygen atoms in total. The molecule has 0 aromatic heterocycles. The second-order valence-corrected chi connectivity index (χ2v) is 1.84. The van der Waals surface area contributed by atoms with Gasteiger partial charge in [0.05, 0.1) is 7.11 Å². The van der Waals surface area contributed by atoms with E-state index >= 15 is 0 Å². The van der Waals surface area contributed by atoms with E-state index in [1.54, 1.807) is 0 Å². The molecule has 0 saturated carbocycles. The molecule has 0 saturated heterocycles. The Hall–Kier alpha value is -0.860. The van der Waals surface area contributed by atoms with Crippen LogP contribution in [0.25, 0.3) is 0 Å². The van der Waals surface area contributed by atoms with Crippen molar-refractivity contribution in [1.29, 1.82) is 0 Å². The summed E-state index contributed by atoms with van der Waals surface area (Å²) in [5, 5.41) is 7.07. The number of hydrogen-bond acceptors (Lipinski definition) is 2. The highest BCUT2D eigenvalue weighted by molar-refractivity contribution is 5.11. The van der Waals surface area contributed by atoms with Crippen LogP contribution in [-0.4, -0.2) is 12.4 Å². The van der Waals surface area contributed by atoms with Crippen LogP contribution in [0.15, 0.2) is 30.3 Å². The van der Waals surface area contributed by atoms with Gasteiger partial charge in [-0.05, 0) is 6.92 Å². The second-order valence-electron chi connectivity index (χ2n) is 1.84. The molecule has 0 atom stereocenters. The van der Waals surface area contributed by atoms with Crippen molar-refractivity contribution in [1.82, 2.24) is 0 Å². The lowest BCUT2D eigenvalue weighted by Gasteiger charge is -1.82. The molecule has 0 spiro atoms. The molecule has 2 heteroatoms. The van der Waals surface area contributed by atoms with Crippen LogP contribution in [0.1, 0.15) is 5.56 Å². The van der Waals surface area contributed by atoms with E-state index in [4.69, 9.17) is 5.26 Å². The Morgan fingerprint density at radius 1 is 1.20 bits per heavy atom. The predicted molar refractivity (Wildman–Crippen MR) is 40.8 cm³/mol. The van der Waals surface area contributed by atoms with E-state index in [-0.39, 0.29) is 0 Å². The number of aryl methyl sites for hydroxylation is 1. The van der Waals surface area contributed by atoms with Crippen molar-refractivity contribution >= 4 is 0 Å². The molecule has 0 aliphatic rings.